The van der Waals surface area contributed by atoms with Gasteiger partial charge in [-0.25, -0.2) is 0 Å². The molecule has 0 aliphatic carbocycles. The number of anilines is 8. The molecule has 0 heterocycles. The van der Waals surface area contributed by atoms with Crippen molar-refractivity contribution in [1.29, 1.82) is 0 Å². The van der Waals surface area contributed by atoms with Crippen LogP contribution in [0.4, 0.5) is 45.5 Å². The number of nitrogens with one attached hydrogen (secondary N) is 4. The molecular formula is C108H84N4. The van der Waals surface area contributed by atoms with Crippen molar-refractivity contribution in [3.05, 3.63) is 435 Å². The molecule has 20 aromatic rings. The van der Waals surface area contributed by atoms with Crippen LogP contribution in [0.3, 0.4) is 0 Å². The van der Waals surface area contributed by atoms with Crippen LogP contribution in [0, 0.1) is 27.7 Å². The molecule has 0 aliphatic heterocycles. The largest absolute Gasteiger partial charge is 0.356 e. The topological polar surface area (TPSA) is 48.1 Å². The van der Waals surface area contributed by atoms with Crippen molar-refractivity contribution in [2.24, 2.45) is 0 Å². The summed E-state index contributed by atoms with van der Waals surface area (Å²) in [5.74, 6) is 0. The minimum absolute atomic E-state index is 1.09. The highest BCUT2D eigenvalue weighted by Crippen LogP contribution is 2.38. The summed E-state index contributed by atoms with van der Waals surface area (Å²) in [6.07, 6.45) is 0. The zero-order chi connectivity index (χ0) is 75.7. The van der Waals surface area contributed by atoms with Crippen LogP contribution in [-0.4, -0.2) is 0 Å². The predicted molar refractivity (Wildman–Crippen MR) is 485 cm³/mol. The standard InChI is InChI=1S/4C27H21N/c1-19-9-11-20(12-10-19)21-15-17-24(18-16-21)28-26-8-4-6-23-14-13-22-5-2-3-7-25(22)27(23)26;1-19-9-11-20(12-10-19)21-13-16-23(17-14-21)28-27-8-4-7-25-24-6-3-2-5-22(24)15-18-26(25)27;1-19-6-8-20(9-7-19)21-12-15-24(16-13-21)28-25-17-14-23-11-10-22-4-2-3-5-26(22)27(23)18-25;1-19-6-8-20(9-7-19)21-12-14-24(15-13-21)28-25-16-17-27-23(18-25)11-10-22-4-2-3-5-26(22)27/h4*2-18,28H,1H3. The minimum atomic E-state index is 1.09. The van der Waals surface area contributed by atoms with Crippen LogP contribution in [0.1, 0.15) is 22.3 Å². The summed E-state index contributed by atoms with van der Waals surface area (Å²) in [7, 11) is 0. The molecule has 0 unspecified atom stereocenters. The second-order valence-corrected chi connectivity index (χ2v) is 29.1. The Hall–Kier alpha value is -14.3. The van der Waals surface area contributed by atoms with Crippen molar-refractivity contribution < 1.29 is 0 Å². The third-order valence-electron chi connectivity index (χ3n) is 21.3. The van der Waals surface area contributed by atoms with E-state index in [4.69, 9.17) is 0 Å². The summed E-state index contributed by atoms with van der Waals surface area (Å²) in [5.41, 5.74) is 23.9. The van der Waals surface area contributed by atoms with Crippen LogP contribution in [0.5, 0.6) is 0 Å². The van der Waals surface area contributed by atoms with Crippen molar-refractivity contribution in [3.63, 3.8) is 0 Å². The molecule has 0 fully saturated rings. The zero-order valence-electron chi connectivity index (χ0n) is 63.3. The van der Waals surface area contributed by atoms with Gasteiger partial charge in [-0.05, 0) is 233 Å². The van der Waals surface area contributed by atoms with Gasteiger partial charge < -0.3 is 21.3 Å². The van der Waals surface area contributed by atoms with E-state index in [9.17, 15) is 0 Å². The highest BCUT2D eigenvalue weighted by atomic mass is 14.9. The van der Waals surface area contributed by atoms with Gasteiger partial charge in [-0.2, -0.15) is 0 Å². The Morgan fingerprint density at radius 3 is 0.857 bits per heavy atom. The van der Waals surface area contributed by atoms with E-state index in [1.165, 1.54) is 153 Å². The van der Waals surface area contributed by atoms with Crippen LogP contribution in [0.2, 0.25) is 0 Å². The fraction of sp³-hybridized carbons (Fsp3) is 0.0370. The molecule has 0 atom stereocenters. The van der Waals surface area contributed by atoms with Gasteiger partial charge in [-0.15, -0.1) is 0 Å². The van der Waals surface area contributed by atoms with Gasteiger partial charge in [0, 0.05) is 56.3 Å². The molecule has 0 bridgehead atoms. The normalized spacial score (nSPS) is 11.0. The van der Waals surface area contributed by atoms with Crippen LogP contribution in [0.15, 0.2) is 413 Å². The van der Waals surface area contributed by atoms with Crippen molar-refractivity contribution >= 4 is 132 Å². The van der Waals surface area contributed by atoms with E-state index in [0.717, 1.165) is 45.5 Å². The molecule has 0 amide bonds. The average molecular weight is 1440 g/mol. The Morgan fingerprint density at radius 2 is 0.402 bits per heavy atom. The molecule has 0 spiro atoms. The van der Waals surface area contributed by atoms with E-state index >= 15 is 0 Å². The number of aryl methyl sites for hydroxylation is 4. The molecule has 0 aromatic heterocycles. The maximum Gasteiger partial charge on any atom is 0.0470 e. The molecule has 4 nitrogen and oxygen atoms in total. The number of hydrogen-bond acceptors (Lipinski definition) is 4. The number of rotatable bonds is 12. The Morgan fingerprint density at radius 1 is 0.143 bits per heavy atom. The van der Waals surface area contributed by atoms with Crippen LogP contribution < -0.4 is 21.3 Å². The highest BCUT2D eigenvalue weighted by Gasteiger charge is 2.12. The molecule has 4 heteroatoms. The van der Waals surface area contributed by atoms with E-state index in [0.29, 0.717) is 0 Å². The van der Waals surface area contributed by atoms with Crippen LogP contribution >= 0.6 is 0 Å². The molecular weight excluding hydrogens is 1350 g/mol. The smallest absolute Gasteiger partial charge is 0.0470 e. The van der Waals surface area contributed by atoms with E-state index < -0.39 is 0 Å². The van der Waals surface area contributed by atoms with Gasteiger partial charge in [-0.3, -0.25) is 0 Å². The van der Waals surface area contributed by atoms with Crippen molar-refractivity contribution in [2.45, 2.75) is 27.7 Å². The first-order valence-corrected chi connectivity index (χ1v) is 38.5. The molecule has 4 N–H and O–H groups in total. The fourth-order valence-corrected chi connectivity index (χ4v) is 15.1. The number of fused-ring (bicyclic) bond motifs is 12. The van der Waals surface area contributed by atoms with Crippen LogP contribution in [-0.2, 0) is 0 Å². The van der Waals surface area contributed by atoms with Crippen molar-refractivity contribution in [1.82, 2.24) is 0 Å². The Labute approximate surface area is 655 Å². The summed E-state index contributed by atoms with van der Waals surface area (Å²) >= 11 is 0. The van der Waals surface area contributed by atoms with Crippen LogP contribution in [0.25, 0.3) is 131 Å². The lowest BCUT2D eigenvalue weighted by Crippen LogP contribution is -1.92. The molecule has 112 heavy (non-hydrogen) atoms. The third-order valence-corrected chi connectivity index (χ3v) is 21.3. The average Bonchev–Trinajstić information content (AvgIpc) is 0.781. The first-order valence-electron chi connectivity index (χ1n) is 38.5. The SMILES string of the molecule is Cc1ccc(-c2ccc(Nc3ccc4c(ccc5ccccc54)c3)cc2)cc1.Cc1ccc(-c2ccc(Nc3ccc4ccc5ccccc5c4c3)cc2)cc1.Cc1ccc(-c2ccc(Nc3cccc4c3ccc3ccccc34)cc2)cc1.Cc1ccc(-c2ccc(Nc3cccc4ccc5ccccc5c34)cc2)cc1. The molecule has 20 rings (SSSR count). The molecule has 20 aromatic carbocycles. The maximum absolute atomic E-state index is 3.63. The summed E-state index contributed by atoms with van der Waals surface area (Å²) in [4.78, 5) is 0. The van der Waals surface area contributed by atoms with Gasteiger partial charge in [0.15, 0.2) is 0 Å². The number of benzene rings is 20. The summed E-state index contributed by atoms with van der Waals surface area (Å²) in [5, 5.41) is 34.7. The summed E-state index contributed by atoms with van der Waals surface area (Å²) in [6, 6.07) is 147. The first kappa shape index (κ1) is 70.6. The number of hydrogen-bond donors (Lipinski definition) is 4. The molecule has 0 aliphatic rings. The summed E-state index contributed by atoms with van der Waals surface area (Å²) in [6.45, 7) is 8.46. The lowest BCUT2D eigenvalue weighted by atomic mass is 10.00. The molecule has 0 saturated carbocycles. The van der Waals surface area contributed by atoms with E-state index in [1.807, 2.05) is 0 Å². The second-order valence-electron chi connectivity index (χ2n) is 29.1. The minimum Gasteiger partial charge on any atom is -0.356 e. The fourth-order valence-electron chi connectivity index (χ4n) is 15.1. The predicted octanol–water partition coefficient (Wildman–Crippen LogP) is 30.8. The Bertz CT molecular complexity index is 6660. The third kappa shape index (κ3) is 16.0. The first-order chi connectivity index (χ1) is 55.1. The van der Waals surface area contributed by atoms with Crippen molar-refractivity contribution in [3.8, 4) is 44.5 Å². The van der Waals surface area contributed by atoms with E-state index in [-0.39, 0.29) is 0 Å². The van der Waals surface area contributed by atoms with Gasteiger partial charge in [0.2, 0.25) is 0 Å². The zero-order valence-corrected chi connectivity index (χ0v) is 63.3. The summed E-state index contributed by atoms with van der Waals surface area (Å²) < 4.78 is 0. The molecule has 0 radical (unpaired) electrons. The van der Waals surface area contributed by atoms with E-state index in [2.05, 4.69) is 461 Å². The molecule has 536 valence electrons. The van der Waals surface area contributed by atoms with Gasteiger partial charge in [-0.1, -0.05) is 350 Å². The quantitative estimate of drug-likeness (QED) is 0.0921. The second kappa shape index (κ2) is 32.2. The highest BCUT2D eigenvalue weighted by molar-refractivity contribution is 6.15. The lowest BCUT2D eigenvalue weighted by molar-refractivity contribution is 1.47. The lowest BCUT2D eigenvalue weighted by Gasteiger charge is -2.13. The monoisotopic (exact) mass is 1440 g/mol. The Balaban J connectivity index is 0.000000108. The van der Waals surface area contributed by atoms with E-state index in [1.54, 1.807) is 0 Å². The maximum atomic E-state index is 3.63. The molecule has 0 saturated heterocycles. The van der Waals surface area contributed by atoms with Crippen molar-refractivity contribution in [2.75, 3.05) is 21.3 Å². The Kier molecular flexibility index (Phi) is 20.3. The van der Waals surface area contributed by atoms with Gasteiger partial charge in [0.05, 0.1) is 0 Å². The van der Waals surface area contributed by atoms with Gasteiger partial charge >= 0.3 is 0 Å². The van der Waals surface area contributed by atoms with Gasteiger partial charge in [0.1, 0.15) is 0 Å². The van der Waals surface area contributed by atoms with Gasteiger partial charge in [0.25, 0.3) is 0 Å².